The lowest BCUT2D eigenvalue weighted by molar-refractivity contribution is 0.477. The normalized spacial score (nSPS) is 18.0. The molecule has 1 unspecified atom stereocenters. The number of aromatic nitrogens is 2. The van der Waals surface area contributed by atoms with Crippen LogP contribution < -0.4 is 10.6 Å². The number of hydrogen-bond acceptors (Lipinski definition) is 5. The molecule has 0 amide bonds. The molecule has 2 heterocycles. The van der Waals surface area contributed by atoms with E-state index >= 15 is 0 Å². The van der Waals surface area contributed by atoms with Crippen LogP contribution in [-0.2, 0) is 0 Å². The molecule has 0 aliphatic carbocycles. The lowest BCUT2D eigenvalue weighted by Crippen LogP contribution is -2.22. The van der Waals surface area contributed by atoms with Crippen molar-refractivity contribution in [1.82, 2.24) is 15.3 Å². The summed E-state index contributed by atoms with van der Waals surface area (Å²) in [6.45, 7) is 2.10. The molecule has 4 rings (SSSR count). The number of benzene rings is 2. The standard InChI is InChI=1S/C20H22N4O/c25-18-10-4-2-8-16(18)20-23-17-9-3-1-7-15(17)19(24-20)22-14-6-5-12-21-13-11-14/h1-4,7-10,14,21,25H,5-6,11-13H2,(H,22,23,24). The van der Waals surface area contributed by atoms with Crippen LogP contribution in [0.3, 0.4) is 0 Å². The molecule has 0 radical (unpaired) electrons. The third-order valence-corrected chi connectivity index (χ3v) is 4.66. The van der Waals surface area contributed by atoms with E-state index in [4.69, 9.17) is 4.98 Å². The Balaban J connectivity index is 1.77. The van der Waals surface area contributed by atoms with Crippen molar-refractivity contribution in [3.05, 3.63) is 48.5 Å². The van der Waals surface area contributed by atoms with E-state index in [0.717, 1.165) is 49.1 Å². The molecular formula is C20H22N4O. The van der Waals surface area contributed by atoms with E-state index in [1.807, 2.05) is 36.4 Å². The average molecular weight is 334 g/mol. The Morgan fingerprint density at radius 3 is 2.72 bits per heavy atom. The van der Waals surface area contributed by atoms with Crippen LogP contribution >= 0.6 is 0 Å². The number of nitrogens with one attached hydrogen (secondary N) is 2. The second-order valence-corrected chi connectivity index (χ2v) is 6.45. The summed E-state index contributed by atoms with van der Waals surface area (Å²) in [7, 11) is 0. The van der Waals surface area contributed by atoms with Crippen LogP contribution in [-0.4, -0.2) is 34.2 Å². The molecule has 1 atom stereocenters. The summed E-state index contributed by atoms with van der Waals surface area (Å²) >= 11 is 0. The summed E-state index contributed by atoms with van der Waals surface area (Å²) in [5.74, 6) is 1.59. The molecule has 3 aromatic rings. The van der Waals surface area contributed by atoms with Gasteiger partial charge in [0.15, 0.2) is 5.82 Å². The maximum atomic E-state index is 10.2. The predicted molar refractivity (Wildman–Crippen MR) is 101 cm³/mol. The first-order valence-corrected chi connectivity index (χ1v) is 8.84. The molecule has 0 bridgehead atoms. The van der Waals surface area contributed by atoms with Crippen molar-refractivity contribution >= 4 is 16.7 Å². The van der Waals surface area contributed by atoms with Gasteiger partial charge in [-0.2, -0.15) is 0 Å². The molecule has 2 aromatic carbocycles. The largest absolute Gasteiger partial charge is 0.507 e. The zero-order valence-electron chi connectivity index (χ0n) is 14.1. The monoisotopic (exact) mass is 334 g/mol. The van der Waals surface area contributed by atoms with Gasteiger partial charge in [0.2, 0.25) is 0 Å². The van der Waals surface area contributed by atoms with Gasteiger partial charge in [0.05, 0.1) is 11.1 Å². The SMILES string of the molecule is Oc1ccccc1-c1nc(NC2CCCNCC2)c2ccccc2n1. The van der Waals surface area contributed by atoms with Gasteiger partial charge in [0, 0.05) is 11.4 Å². The molecule has 1 fully saturated rings. The maximum absolute atomic E-state index is 10.2. The molecule has 25 heavy (non-hydrogen) atoms. The van der Waals surface area contributed by atoms with E-state index in [1.54, 1.807) is 12.1 Å². The van der Waals surface area contributed by atoms with Gasteiger partial charge in [0.1, 0.15) is 11.6 Å². The first-order chi connectivity index (χ1) is 12.3. The second-order valence-electron chi connectivity index (χ2n) is 6.45. The number of anilines is 1. The average Bonchev–Trinajstić information content (AvgIpc) is 2.91. The number of aromatic hydroxyl groups is 1. The zero-order chi connectivity index (χ0) is 17.1. The summed E-state index contributed by atoms with van der Waals surface area (Å²) < 4.78 is 0. The highest BCUT2D eigenvalue weighted by Gasteiger charge is 2.16. The lowest BCUT2D eigenvalue weighted by atomic mass is 10.1. The van der Waals surface area contributed by atoms with Gasteiger partial charge in [0.25, 0.3) is 0 Å². The molecule has 5 heteroatoms. The lowest BCUT2D eigenvalue weighted by Gasteiger charge is -2.18. The second kappa shape index (κ2) is 7.07. The van der Waals surface area contributed by atoms with Crippen molar-refractivity contribution in [2.24, 2.45) is 0 Å². The Labute approximate surface area is 147 Å². The van der Waals surface area contributed by atoms with Crippen molar-refractivity contribution in [3.63, 3.8) is 0 Å². The minimum absolute atomic E-state index is 0.197. The summed E-state index contributed by atoms with van der Waals surface area (Å²) in [4.78, 5) is 9.41. The Kier molecular flexibility index (Phi) is 4.48. The zero-order valence-corrected chi connectivity index (χ0v) is 14.1. The van der Waals surface area contributed by atoms with Crippen LogP contribution in [0.5, 0.6) is 5.75 Å². The number of para-hydroxylation sites is 2. The van der Waals surface area contributed by atoms with Crippen molar-refractivity contribution < 1.29 is 5.11 Å². The Hall–Kier alpha value is -2.66. The predicted octanol–water partition coefficient (Wildman–Crippen LogP) is 3.56. The van der Waals surface area contributed by atoms with Gasteiger partial charge < -0.3 is 15.7 Å². The molecule has 0 saturated carbocycles. The van der Waals surface area contributed by atoms with E-state index in [1.165, 1.54) is 0 Å². The molecule has 0 spiro atoms. The fourth-order valence-corrected chi connectivity index (χ4v) is 3.33. The van der Waals surface area contributed by atoms with Gasteiger partial charge in [-0.1, -0.05) is 24.3 Å². The smallest absolute Gasteiger partial charge is 0.165 e. The molecular weight excluding hydrogens is 312 g/mol. The number of nitrogens with zero attached hydrogens (tertiary/aromatic N) is 2. The van der Waals surface area contributed by atoms with Crippen LogP contribution in [0.2, 0.25) is 0 Å². The molecule has 128 valence electrons. The Morgan fingerprint density at radius 1 is 0.960 bits per heavy atom. The van der Waals surface area contributed by atoms with Crippen LogP contribution in [0.15, 0.2) is 48.5 Å². The maximum Gasteiger partial charge on any atom is 0.165 e. The number of fused-ring (bicyclic) bond motifs is 1. The number of rotatable bonds is 3. The number of hydrogen-bond donors (Lipinski definition) is 3. The van der Waals surface area contributed by atoms with Gasteiger partial charge in [-0.15, -0.1) is 0 Å². The minimum Gasteiger partial charge on any atom is -0.507 e. The van der Waals surface area contributed by atoms with E-state index in [-0.39, 0.29) is 5.75 Å². The Bertz CT molecular complexity index is 872. The third-order valence-electron chi connectivity index (χ3n) is 4.66. The van der Waals surface area contributed by atoms with Crippen LogP contribution in [0, 0.1) is 0 Å². The Morgan fingerprint density at radius 2 is 1.80 bits per heavy atom. The van der Waals surface area contributed by atoms with Gasteiger partial charge in [-0.25, -0.2) is 9.97 Å². The van der Waals surface area contributed by atoms with Crippen molar-refractivity contribution in [2.75, 3.05) is 18.4 Å². The van der Waals surface area contributed by atoms with E-state index in [0.29, 0.717) is 17.4 Å². The summed E-state index contributed by atoms with van der Waals surface area (Å²) in [6.07, 6.45) is 3.36. The molecule has 1 aliphatic rings. The molecule has 5 nitrogen and oxygen atoms in total. The van der Waals surface area contributed by atoms with Crippen LogP contribution in [0.4, 0.5) is 5.82 Å². The van der Waals surface area contributed by atoms with E-state index < -0.39 is 0 Å². The van der Waals surface area contributed by atoms with Crippen LogP contribution in [0.25, 0.3) is 22.3 Å². The van der Waals surface area contributed by atoms with Crippen molar-refractivity contribution in [2.45, 2.75) is 25.3 Å². The number of phenolic OH excluding ortho intramolecular Hbond substituents is 1. The third kappa shape index (κ3) is 3.42. The highest BCUT2D eigenvalue weighted by molar-refractivity contribution is 5.91. The highest BCUT2D eigenvalue weighted by Crippen LogP contribution is 2.30. The van der Waals surface area contributed by atoms with Crippen LogP contribution in [0.1, 0.15) is 19.3 Å². The topological polar surface area (TPSA) is 70.1 Å². The fraction of sp³-hybridized carbons (Fsp3) is 0.300. The van der Waals surface area contributed by atoms with E-state index in [9.17, 15) is 5.11 Å². The summed E-state index contributed by atoms with van der Waals surface area (Å²) in [5, 5.41) is 18.2. The van der Waals surface area contributed by atoms with Gasteiger partial charge >= 0.3 is 0 Å². The molecule has 1 aromatic heterocycles. The first-order valence-electron chi connectivity index (χ1n) is 8.84. The quantitative estimate of drug-likeness (QED) is 0.683. The molecule has 1 saturated heterocycles. The van der Waals surface area contributed by atoms with Crippen molar-refractivity contribution in [3.8, 4) is 17.1 Å². The highest BCUT2D eigenvalue weighted by atomic mass is 16.3. The summed E-state index contributed by atoms with van der Waals surface area (Å²) in [5.41, 5.74) is 1.53. The first kappa shape index (κ1) is 15.8. The van der Waals surface area contributed by atoms with Gasteiger partial charge in [-0.05, 0) is 56.6 Å². The molecule has 3 N–H and O–H groups in total. The number of phenols is 1. The van der Waals surface area contributed by atoms with E-state index in [2.05, 4.69) is 15.6 Å². The van der Waals surface area contributed by atoms with Gasteiger partial charge in [-0.3, -0.25) is 0 Å². The fourth-order valence-electron chi connectivity index (χ4n) is 3.33. The summed E-state index contributed by atoms with van der Waals surface area (Å²) in [6, 6.07) is 15.6. The minimum atomic E-state index is 0.197. The molecule has 1 aliphatic heterocycles. The van der Waals surface area contributed by atoms with Crippen molar-refractivity contribution in [1.29, 1.82) is 0 Å².